The predicted molar refractivity (Wildman–Crippen MR) is 89.1 cm³/mol. The van der Waals surface area contributed by atoms with Gasteiger partial charge in [0, 0.05) is 32.2 Å². The molecule has 1 saturated heterocycles. The molecule has 0 unspecified atom stereocenters. The molecule has 0 bridgehead atoms. The van der Waals surface area contributed by atoms with Crippen LogP contribution in [0.4, 0.5) is 4.39 Å². The quantitative estimate of drug-likeness (QED) is 0.920. The van der Waals surface area contributed by atoms with Crippen LogP contribution in [0.5, 0.6) is 0 Å². The molecular weight excluding hydrogens is 307 g/mol. The van der Waals surface area contributed by atoms with Crippen molar-refractivity contribution in [2.45, 2.75) is 49.7 Å². The van der Waals surface area contributed by atoms with Crippen LogP contribution in [0.25, 0.3) is 0 Å². The standard InChI is InChI=1S/C19H25FN2O2/c20-15-6-4-14(5-7-15)19(8-9-19)18(24)22-12-10-21(11-13-22)16-2-1-3-17(16)23/h4-7,16-17,23H,1-3,8-13H2/t16-,17-/m1/s1. The van der Waals surface area contributed by atoms with Crippen LogP contribution in [0.1, 0.15) is 37.7 Å². The Morgan fingerprint density at radius 1 is 1.08 bits per heavy atom. The van der Waals surface area contributed by atoms with Gasteiger partial charge in [0.2, 0.25) is 5.91 Å². The van der Waals surface area contributed by atoms with Crippen LogP contribution >= 0.6 is 0 Å². The molecular formula is C19H25FN2O2. The van der Waals surface area contributed by atoms with Crippen LogP contribution < -0.4 is 0 Å². The molecule has 3 fully saturated rings. The minimum Gasteiger partial charge on any atom is -0.391 e. The van der Waals surface area contributed by atoms with Crippen LogP contribution in [0.15, 0.2) is 24.3 Å². The van der Waals surface area contributed by atoms with Gasteiger partial charge < -0.3 is 10.0 Å². The van der Waals surface area contributed by atoms with Crippen LogP contribution in [-0.4, -0.2) is 59.1 Å². The molecule has 1 amide bonds. The molecule has 4 nitrogen and oxygen atoms in total. The number of hydrogen-bond acceptors (Lipinski definition) is 3. The first-order chi connectivity index (χ1) is 11.6. The summed E-state index contributed by atoms with van der Waals surface area (Å²) in [6, 6.07) is 6.68. The maximum absolute atomic E-state index is 13.2. The van der Waals surface area contributed by atoms with Gasteiger partial charge in [0.1, 0.15) is 5.82 Å². The molecule has 0 radical (unpaired) electrons. The van der Waals surface area contributed by atoms with E-state index in [-0.39, 0.29) is 23.9 Å². The zero-order chi connectivity index (χ0) is 16.7. The summed E-state index contributed by atoms with van der Waals surface area (Å²) < 4.78 is 13.2. The first-order valence-corrected chi connectivity index (χ1v) is 9.08. The number of aliphatic hydroxyl groups excluding tert-OH is 1. The predicted octanol–water partition coefficient (Wildman–Crippen LogP) is 1.91. The summed E-state index contributed by atoms with van der Waals surface area (Å²) in [7, 11) is 0. The summed E-state index contributed by atoms with van der Waals surface area (Å²) in [6.45, 7) is 3.13. The molecule has 1 heterocycles. The van der Waals surface area contributed by atoms with Crippen molar-refractivity contribution in [2.24, 2.45) is 0 Å². The summed E-state index contributed by atoms with van der Waals surface area (Å²) in [5, 5.41) is 10.1. The average Bonchev–Trinajstić information content (AvgIpc) is 3.30. The molecule has 130 valence electrons. The zero-order valence-corrected chi connectivity index (χ0v) is 14.0. The van der Waals surface area contributed by atoms with Gasteiger partial charge in [-0.3, -0.25) is 9.69 Å². The summed E-state index contributed by atoms with van der Waals surface area (Å²) in [6.07, 6.45) is 4.57. The van der Waals surface area contributed by atoms with Gasteiger partial charge in [0.05, 0.1) is 11.5 Å². The van der Waals surface area contributed by atoms with Crippen molar-refractivity contribution in [2.75, 3.05) is 26.2 Å². The van der Waals surface area contributed by atoms with E-state index in [9.17, 15) is 14.3 Å². The lowest BCUT2D eigenvalue weighted by molar-refractivity contribution is -0.136. The van der Waals surface area contributed by atoms with E-state index in [0.29, 0.717) is 0 Å². The molecule has 2 atom stereocenters. The molecule has 2 saturated carbocycles. The van der Waals surface area contributed by atoms with Crippen molar-refractivity contribution in [3.05, 3.63) is 35.6 Å². The highest BCUT2D eigenvalue weighted by Gasteiger charge is 2.53. The Morgan fingerprint density at radius 2 is 1.75 bits per heavy atom. The monoisotopic (exact) mass is 332 g/mol. The maximum atomic E-state index is 13.2. The van der Waals surface area contributed by atoms with Crippen LogP contribution in [0, 0.1) is 5.82 Å². The Hall–Kier alpha value is -1.46. The minimum atomic E-state index is -0.414. The van der Waals surface area contributed by atoms with Crippen molar-refractivity contribution in [1.82, 2.24) is 9.80 Å². The number of aliphatic hydroxyl groups is 1. The van der Waals surface area contributed by atoms with Crippen molar-refractivity contribution in [1.29, 1.82) is 0 Å². The Kier molecular flexibility index (Phi) is 4.09. The van der Waals surface area contributed by atoms with Crippen molar-refractivity contribution in [3.63, 3.8) is 0 Å². The Bertz CT molecular complexity index is 606. The van der Waals surface area contributed by atoms with E-state index in [1.165, 1.54) is 12.1 Å². The van der Waals surface area contributed by atoms with Crippen LogP contribution in [0.3, 0.4) is 0 Å². The van der Waals surface area contributed by atoms with Gasteiger partial charge in [0.25, 0.3) is 0 Å². The normalized spacial score (nSPS) is 29.7. The molecule has 0 spiro atoms. The number of amides is 1. The summed E-state index contributed by atoms with van der Waals surface area (Å²) in [5.41, 5.74) is 0.533. The number of hydrogen-bond donors (Lipinski definition) is 1. The van der Waals surface area contributed by atoms with E-state index in [0.717, 1.165) is 63.8 Å². The van der Waals surface area contributed by atoms with Crippen molar-refractivity contribution in [3.8, 4) is 0 Å². The SMILES string of the molecule is O=C(N1CCN([C@@H]2CCC[C@H]2O)CC1)C1(c2ccc(F)cc2)CC1. The minimum absolute atomic E-state index is 0.195. The van der Waals surface area contributed by atoms with Gasteiger partial charge in [-0.1, -0.05) is 12.1 Å². The number of carbonyl (C=O) groups is 1. The first-order valence-electron chi connectivity index (χ1n) is 9.08. The fourth-order valence-corrected chi connectivity index (χ4v) is 4.43. The van der Waals surface area contributed by atoms with E-state index in [2.05, 4.69) is 4.90 Å². The Morgan fingerprint density at radius 3 is 2.29 bits per heavy atom. The Labute approximate surface area is 142 Å². The summed E-state index contributed by atoms with van der Waals surface area (Å²) in [5.74, 6) is -0.0635. The van der Waals surface area contributed by atoms with Gasteiger partial charge in [-0.2, -0.15) is 0 Å². The number of halogens is 1. The number of nitrogens with zero attached hydrogens (tertiary/aromatic N) is 2. The van der Waals surface area contributed by atoms with E-state index < -0.39 is 5.41 Å². The number of rotatable bonds is 3. The molecule has 2 aliphatic carbocycles. The highest BCUT2D eigenvalue weighted by atomic mass is 19.1. The third kappa shape index (κ3) is 2.74. The molecule has 1 aliphatic heterocycles. The second kappa shape index (κ2) is 6.12. The van der Waals surface area contributed by atoms with Gasteiger partial charge in [-0.25, -0.2) is 4.39 Å². The molecule has 1 aromatic carbocycles. The van der Waals surface area contributed by atoms with Crippen molar-refractivity contribution >= 4 is 5.91 Å². The third-order valence-electron chi connectivity index (χ3n) is 6.07. The molecule has 0 aromatic heterocycles. The molecule has 5 heteroatoms. The van der Waals surface area contributed by atoms with E-state index in [4.69, 9.17) is 0 Å². The second-order valence-corrected chi connectivity index (χ2v) is 7.48. The lowest BCUT2D eigenvalue weighted by Gasteiger charge is -2.40. The highest BCUT2D eigenvalue weighted by molar-refractivity contribution is 5.91. The first kappa shape index (κ1) is 16.0. The largest absolute Gasteiger partial charge is 0.391 e. The highest BCUT2D eigenvalue weighted by Crippen LogP contribution is 2.49. The third-order valence-corrected chi connectivity index (χ3v) is 6.07. The van der Waals surface area contributed by atoms with E-state index >= 15 is 0 Å². The molecule has 1 N–H and O–H groups in total. The fraction of sp³-hybridized carbons (Fsp3) is 0.632. The topological polar surface area (TPSA) is 43.8 Å². The summed E-state index contributed by atoms with van der Waals surface area (Å²) >= 11 is 0. The van der Waals surface area contributed by atoms with Gasteiger partial charge in [0.15, 0.2) is 0 Å². The molecule has 1 aromatic rings. The second-order valence-electron chi connectivity index (χ2n) is 7.48. The van der Waals surface area contributed by atoms with E-state index in [1.807, 2.05) is 4.90 Å². The van der Waals surface area contributed by atoms with Gasteiger partial charge in [-0.15, -0.1) is 0 Å². The maximum Gasteiger partial charge on any atom is 0.233 e. The fourth-order valence-electron chi connectivity index (χ4n) is 4.43. The van der Waals surface area contributed by atoms with Crippen molar-refractivity contribution < 1.29 is 14.3 Å². The van der Waals surface area contributed by atoms with Crippen LogP contribution in [0.2, 0.25) is 0 Å². The number of piperazine rings is 1. The van der Waals surface area contributed by atoms with Gasteiger partial charge in [-0.05, 0) is 49.8 Å². The molecule has 3 aliphatic rings. The lowest BCUT2D eigenvalue weighted by atomic mass is 9.94. The Balaban J connectivity index is 1.40. The smallest absolute Gasteiger partial charge is 0.233 e. The molecule has 4 rings (SSSR count). The lowest BCUT2D eigenvalue weighted by Crippen LogP contribution is -2.55. The van der Waals surface area contributed by atoms with Crippen LogP contribution in [-0.2, 0) is 10.2 Å². The number of benzene rings is 1. The zero-order valence-electron chi connectivity index (χ0n) is 14.0. The molecule has 24 heavy (non-hydrogen) atoms. The summed E-state index contributed by atoms with van der Waals surface area (Å²) in [4.78, 5) is 17.3. The average molecular weight is 332 g/mol. The number of carbonyl (C=O) groups excluding carboxylic acids is 1. The van der Waals surface area contributed by atoms with Gasteiger partial charge >= 0.3 is 0 Å². The van der Waals surface area contributed by atoms with E-state index in [1.54, 1.807) is 12.1 Å².